The van der Waals surface area contributed by atoms with Gasteiger partial charge in [-0.3, -0.25) is 0 Å². The third kappa shape index (κ3) is 4.20. The summed E-state index contributed by atoms with van der Waals surface area (Å²) in [6.45, 7) is 11.4. The SMILES string of the molecule is CCN1CCC(CN2CCCNC3(CCCCC3)C2)CC1. The lowest BCUT2D eigenvalue weighted by molar-refractivity contribution is 0.118. The molecule has 122 valence electrons. The van der Waals surface area contributed by atoms with E-state index in [0.717, 1.165) is 5.92 Å². The average Bonchev–Trinajstić information content (AvgIpc) is 2.71. The highest BCUT2D eigenvalue weighted by Crippen LogP contribution is 2.31. The molecule has 3 rings (SSSR count). The third-order valence-electron chi connectivity index (χ3n) is 6.16. The minimum atomic E-state index is 0.471. The molecule has 0 radical (unpaired) electrons. The van der Waals surface area contributed by atoms with E-state index < -0.39 is 0 Å². The fraction of sp³-hybridized carbons (Fsp3) is 1.00. The highest BCUT2D eigenvalue weighted by molar-refractivity contribution is 4.95. The monoisotopic (exact) mass is 293 g/mol. The Bertz CT molecular complexity index is 304. The summed E-state index contributed by atoms with van der Waals surface area (Å²) in [6, 6.07) is 0. The number of piperidine rings is 1. The predicted molar refractivity (Wildman–Crippen MR) is 89.7 cm³/mol. The summed E-state index contributed by atoms with van der Waals surface area (Å²) in [7, 11) is 0. The number of nitrogens with zero attached hydrogens (tertiary/aromatic N) is 2. The van der Waals surface area contributed by atoms with Crippen molar-refractivity contribution in [3.05, 3.63) is 0 Å². The van der Waals surface area contributed by atoms with Crippen LogP contribution in [0.2, 0.25) is 0 Å². The molecule has 1 saturated carbocycles. The van der Waals surface area contributed by atoms with E-state index in [1.807, 2.05) is 0 Å². The number of hydrogen-bond acceptors (Lipinski definition) is 3. The van der Waals surface area contributed by atoms with Crippen LogP contribution in [-0.2, 0) is 0 Å². The molecule has 0 aromatic rings. The molecule has 3 nitrogen and oxygen atoms in total. The van der Waals surface area contributed by atoms with Gasteiger partial charge in [-0.1, -0.05) is 26.2 Å². The van der Waals surface area contributed by atoms with Crippen molar-refractivity contribution in [2.45, 2.75) is 63.8 Å². The van der Waals surface area contributed by atoms with Gasteiger partial charge in [0.1, 0.15) is 0 Å². The second-order valence-corrected chi connectivity index (χ2v) is 7.73. The smallest absolute Gasteiger partial charge is 0.0308 e. The van der Waals surface area contributed by atoms with E-state index in [0.29, 0.717) is 5.54 Å². The number of likely N-dealkylation sites (tertiary alicyclic amines) is 1. The Hall–Kier alpha value is -0.120. The second kappa shape index (κ2) is 7.43. The highest BCUT2D eigenvalue weighted by Gasteiger charge is 2.35. The lowest BCUT2D eigenvalue weighted by atomic mass is 9.81. The first-order valence-electron chi connectivity index (χ1n) is 9.49. The molecule has 2 aliphatic heterocycles. The third-order valence-corrected chi connectivity index (χ3v) is 6.16. The topological polar surface area (TPSA) is 18.5 Å². The molecule has 2 heterocycles. The summed E-state index contributed by atoms with van der Waals surface area (Å²) in [6.07, 6.45) is 11.4. The predicted octanol–water partition coefficient (Wildman–Crippen LogP) is 2.72. The van der Waals surface area contributed by atoms with Crippen LogP contribution < -0.4 is 5.32 Å². The second-order valence-electron chi connectivity index (χ2n) is 7.73. The van der Waals surface area contributed by atoms with Crippen molar-refractivity contribution in [1.82, 2.24) is 15.1 Å². The van der Waals surface area contributed by atoms with Crippen LogP contribution in [0.15, 0.2) is 0 Å². The van der Waals surface area contributed by atoms with Gasteiger partial charge in [-0.15, -0.1) is 0 Å². The standard InChI is InChI=1S/C18H35N3/c1-2-20-13-7-17(8-14-20)15-21-12-6-11-19-18(16-21)9-4-3-5-10-18/h17,19H,2-16H2,1H3. The molecular weight excluding hydrogens is 258 g/mol. The van der Waals surface area contributed by atoms with E-state index in [4.69, 9.17) is 0 Å². The summed E-state index contributed by atoms with van der Waals surface area (Å²) in [5.74, 6) is 0.951. The summed E-state index contributed by atoms with van der Waals surface area (Å²) in [5.41, 5.74) is 0.471. The maximum atomic E-state index is 3.93. The van der Waals surface area contributed by atoms with E-state index in [9.17, 15) is 0 Å². The lowest BCUT2D eigenvalue weighted by Gasteiger charge is -2.41. The van der Waals surface area contributed by atoms with Crippen molar-refractivity contribution in [3.8, 4) is 0 Å². The van der Waals surface area contributed by atoms with Gasteiger partial charge in [-0.05, 0) is 70.7 Å². The van der Waals surface area contributed by atoms with Crippen LogP contribution in [0.1, 0.15) is 58.3 Å². The van der Waals surface area contributed by atoms with E-state index in [1.165, 1.54) is 97.2 Å². The van der Waals surface area contributed by atoms with Crippen molar-refractivity contribution in [1.29, 1.82) is 0 Å². The van der Waals surface area contributed by atoms with Crippen LogP contribution in [0.25, 0.3) is 0 Å². The zero-order valence-corrected chi connectivity index (χ0v) is 14.1. The molecule has 2 saturated heterocycles. The number of rotatable bonds is 3. The van der Waals surface area contributed by atoms with Crippen molar-refractivity contribution < 1.29 is 0 Å². The minimum Gasteiger partial charge on any atom is -0.310 e. The largest absolute Gasteiger partial charge is 0.310 e. The van der Waals surface area contributed by atoms with Gasteiger partial charge >= 0.3 is 0 Å². The summed E-state index contributed by atoms with van der Waals surface area (Å²) in [5, 5.41) is 3.93. The lowest BCUT2D eigenvalue weighted by Crippen LogP contribution is -2.53. The van der Waals surface area contributed by atoms with Crippen molar-refractivity contribution in [2.24, 2.45) is 5.92 Å². The van der Waals surface area contributed by atoms with Crippen LogP contribution in [0.5, 0.6) is 0 Å². The molecule has 1 aliphatic carbocycles. The van der Waals surface area contributed by atoms with Crippen molar-refractivity contribution in [2.75, 3.05) is 45.8 Å². The quantitative estimate of drug-likeness (QED) is 0.863. The van der Waals surface area contributed by atoms with Crippen LogP contribution in [-0.4, -0.2) is 61.2 Å². The maximum absolute atomic E-state index is 3.93. The Morgan fingerprint density at radius 1 is 0.952 bits per heavy atom. The zero-order valence-electron chi connectivity index (χ0n) is 14.1. The van der Waals surface area contributed by atoms with Gasteiger partial charge in [-0.25, -0.2) is 0 Å². The molecule has 3 heteroatoms. The van der Waals surface area contributed by atoms with Gasteiger partial charge in [0.25, 0.3) is 0 Å². The van der Waals surface area contributed by atoms with Crippen molar-refractivity contribution >= 4 is 0 Å². The van der Waals surface area contributed by atoms with Gasteiger partial charge in [0.2, 0.25) is 0 Å². The number of hydrogen-bond donors (Lipinski definition) is 1. The normalized spacial score (nSPS) is 29.6. The fourth-order valence-electron chi connectivity index (χ4n) is 4.79. The molecule has 0 aromatic carbocycles. The first kappa shape index (κ1) is 15.8. The van der Waals surface area contributed by atoms with Gasteiger partial charge in [-0.2, -0.15) is 0 Å². The van der Waals surface area contributed by atoms with Gasteiger partial charge < -0.3 is 15.1 Å². The zero-order chi connectivity index (χ0) is 14.5. The Kier molecular flexibility index (Phi) is 5.58. The Labute approximate surface area is 131 Å². The number of nitrogens with one attached hydrogen (secondary N) is 1. The van der Waals surface area contributed by atoms with E-state index in [2.05, 4.69) is 22.0 Å². The maximum Gasteiger partial charge on any atom is 0.0308 e. The Balaban J connectivity index is 1.52. The highest BCUT2D eigenvalue weighted by atomic mass is 15.2. The summed E-state index contributed by atoms with van der Waals surface area (Å²) >= 11 is 0. The van der Waals surface area contributed by atoms with Gasteiger partial charge in [0, 0.05) is 18.6 Å². The van der Waals surface area contributed by atoms with Crippen LogP contribution >= 0.6 is 0 Å². The van der Waals surface area contributed by atoms with Crippen LogP contribution in [0, 0.1) is 5.92 Å². The van der Waals surface area contributed by atoms with E-state index in [-0.39, 0.29) is 0 Å². The van der Waals surface area contributed by atoms with E-state index >= 15 is 0 Å². The summed E-state index contributed by atoms with van der Waals surface area (Å²) in [4.78, 5) is 5.43. The molecule has 0 aromatic heterocycles. The van der Waals surface area contributed by atoms with Crippen LogP contribution in [0.3, 0.4) is 0 Å². The first-order valence-corrected chi connectivity index (χ1v) is 9.49. The summed E-state index contributed by atoms with van der Waals surface area (Å²) < 4.78 is 0. The molecule has 0 unspecified atom stereocenters. The van der Waals surface area contributed by atoms with E-state index in [1.54, 1.807) is 0 Å². The molecule has 0 bridgehead atoms. The Morgan fingerprint density at radius 2 is 1.71 bits per heavy atom. The molecule has 1 spiro atoms. The molecular formula is C18H35N3. The minimum absolute atomic E-state index is 0.471. The molecule has 1 N–H and O–H groups in total. The molecule has 3 aliphatic rings. The molecule has 3 fully saturated rings. The molecule has 0 atom stereocenters. The van der Waals surface area contributed by atoms with Crippen LogP contribution in [0.4, 0.5) is 0 Å². The average molecular weight is 293 g/mol. The van der Waals surface area contributed by atoms with Crippen molar-refractivity contribution in [3.63, 3.8) is 0 Å². The van der Waals surface area contributed by atoms with Gasteiger partial charge in [0.15, 0.2) is 0 Å². The molecule has 21 heavy (non-hydrogen) atoms. The molecule has 0 amide bonds. The Morgan fingerprint density at radius 3 is 2.43 bits per heavy atom. The van der Waals surface area contributed by atoms with Gasteiger partial charge in [0.05, 0.1) is 0 Å². The fourth-order valence-corrected chi connectivity index (χ4v) is 4.79. The first-order chi connectivity index (χ1) is 10.3.